The highest BCUT2D eigenvalue weighted by molar-refractivity contribution is 7.10. The van der Waals surface area contributed by atoms with Gasteiger partial charge in [-0.15, -0.1) is 11.3 Å². The standard InChI is InChI=1S/C24H21Cl2N3O4S/c1-2-27(24(31)15-3-6-17(7-4-15)29(32)33)14-22(30)28-11-9-21-19(10-12-34-21)23(28)18-8-5-16(25)13-20(18)26/h3-8,10,12-13,23H,2,9,11,14H2,1H3. The Balaban J connectivity index is 1.60. The van der Waals surface area contributed by atoms with Crippen molar-refractivity contribution >= 4 is 52.0 Å². The number of hydrogen-bond acceptors (Lipinski definition) is 5. The summed E-state index contributed by atoms with van der Waals surface area (Å²) in [6, 6.07) is 12.3. The molecule has 1 aromatic heterocycles. The van der Waals surface area contributed by atoms with E-state index in [4.69, 9.17) is 23.2 Å². The third-order valence-electron chi connectivity index (χ3n) is 5.86. The largest absolute Gasteiger partial charge is 0.330 e. The first-order valence-electron chi connectivity index (χ1n) is 10.6. The maximum absolute atomic E-state index is 13.5. The quantitative estimate of drug-likeness (QED) is 0.314. The molecule has 176 valence electrons. The van der Waals surface area contributed by atoms with Crippen LogP contribution in [-0.2, 0) is 11.2 Å². The second-order valence-corrected chi connectivity index (χ2v) is 9.67. The van der Waals surface area contributed by atoms with Gasteiger partial charge in [-0.1, -0.05) is 29.3 Å². The lowest BCUT2D eigenvalue weighted by Crippen LogP contribution is -2.46. The Morgan fingerprint density at radius 1 is 1.15 bits per heavy atom. The monoisotopic (exact) mass is 517 g/mol. The van der Waals surface area contributed by atoms with E-state index < -0.39 is 4.92 Å². The van der Waals surface area contributed by atoms with Gasteiger partial charge in [0.15, 0.2) is 0 Å². The van der Waals surface area contributed by atoms with Crippen LogP contribution in [0.1, 0.15) is 39.3 Å². The summed E-state index contributed by atoms with van der Waals surface area (Å²) in [4.78, 5) is 41.3. The molecule has 0 bridgehead atoms. The van der Waals surface area contributed by atoms with E-state index in [2.05, 4.69) is 0 Å². The average Bonchev–Trinajstić information content (AvgIpc) is 3.31. The van der Waals surface area contributed by atoms with Gasteiger partial charge in [0.25, 0.3) is 11.6 Å². The summed E-state index contributed by atoms with van der Waals surface area (Å²) >= 11 is 14.3. The summed E-state index contributed by atoms with van der Waals surface area (Å²) < 4.78 is 0. The molecule has 34 heavy (non-hydrogen) atoms. The zero-order valence-electron chi connectivity index (χ0n) is 18.2. The summed E-state index contributed by atoms with van der Waals surface area (Å²) in [5, 5.41) is 13.9. The summed E-state index contributed by atoms with van der Waals surface area (Å²) in [7, 11) is 0. The average molecular weight is 518 g/mol. The SMILES string of the molecule is CCN(CC(=O)N1CCc2sccc2C1c1ccc(Cl)cc1Cl)C(=O)c1ccc([N+](=O)[O-])cc1. The smallest absolute Gasteiger partial charge is 0.269 e. The number of carbonyl (C=O) groups excluding carboxylic acids is 2. The van der Waals surface area contributed by atoms with Crippen molar-refractivity contribution < 1.29 is 14.5 Å². The molecule has 1 aliphatic rings. The van der Waals surface area contributed by atoms with Crippen LogP contribution in [0.4, 0.5) is 5.69 Å². The van der Waals surface area contributed by atoms with Crippen LogP contribution < -0.4 is 0 Å². The molecule has 0 saturated heterocycles. The van der Waals surface area contributed by atoms with E-state index in [1.165, 1.54) is 34.0 Å². The molecule has 10 heteroatoms. The highest BCUT2D eigenvalue weighted by Crippen LogP contribution is 2.41. The second-order valence-electron chi connectivity index (χ2n) is 7.83. The van der Waals surface area contributed by atoms with Crippen molar-refractivity contribution in [2.45, 2.75) is 19.4 Å². The fourth-order valence-corrected chi connectivity index (χ4v) is 5.55. The predicted octanol–water partition coefficient (Wildman–Crippen LogP) is 5.60. The van der Waals surface area contributed by atoms with Crippen molar-refractivity contribution in [2.75, 3.05) is 19.6 Å². The van der Waals surface area contributed by atoms with E-state index in [9.17, 15) is 19.7 Å². The van der Waals surface area contributed by atoms with Crippen molar-refractivity contribution in [1.29, 1.82) is 0 Å². The van der Waals surface area contributed by atoms with Gasteiger partial charge in [0.1, 0.15) is 6.54 Å². The Morgan fingerprint density at radius 3 is 2.53 bits per heavy atom. The Bertz CT molecular complexity index is 1250. The molecule has 1 atom stereocenters. The molecule has 0 radical (unpaired) electrons. The van der Waals surface area contributed by atoms with Crippen molar-refractivity contribution in [2.24, 2.45) is 0 Å². The number of nitro benzene ring substituents is 1. The summed E-state index contributed by atoms with van der Waals surface area (Å²) in [5.74, 6) is -0.565. The van der Waals surface area contributed by atoms with Gasteiger partial charge in [-0.05, 0) is 60.2 Å². The molecule has 0 saturated carbocycles. The van der Waals surface area contributed by atoms with Gasteiger partial charge >= 0.3 is 0 Å². The number of carbonyl (C=O) groups is 2. The van der Waals surface area contributed by atoms with E-state index in [-0.39, 0.29) is 35.7 Å². The molecule has 2 heterocycles. The van der Waals surface area contributed by atoms with Crippen molar-refractivity contribution in [1.82, 2.24) is 9.80 Å². The number of amides is 2. The van der Waals surface area contributed by atoms with Crippen molar-refractivity contribution in [3.63, 3.8) is 0 Å². The van der Waals surface area contributed by atoms with Gasteiger partial charge in [-0.25, -0.2) is 0 Å². The number of benzene rings is 2. The number of nitrogens with zero attached hydrogens (tertiary/aromatic N) is 3. The second kappa shape index (κ2) is 10.1. The van der Waals surface area contributed by atoms with Crippen LogP contribution in [0.3, 0.4) is 0 Å². The molecule has 4 rings (SSSR count). The number of fused-ring (bicyclic) bond motifs is 1. The Hall–Kier alpha value is -2.94. The van der Waals surface area contributed by atoms with Gasteiger partial charge in [0.2, 0.25) is 5.91 Å². The molecule has 2 aromatic carbocycles. The topological polar surface area (TPSA) is 83.8 Å². The van der Waals surface area contributed by atoms with Gasteiger partial charge in [-0.2, -0.15) is 0 Å². The van der Waals surface area contributed by atoms with Crippen LogP contribution in [0, 0.1) is 10.1 Å². The molecule has 0 spiro atoms. The van der Waals surface area contributed by atoms with Crippen LogP contribution >= 0.6 is 34.5 Å². The van der Waals surface area contributed by atoms with Gasteiger partial charge in [0, 0.05) is 45.7 Å². The van der Waals surface area contributed by atoms with Gasteiger partial charge < -0.3 is 9.80 Å². The Morgan fingerprint density at radius 2 is 1.88 bits per heavy atom. The summed E-state index contributed by atoms with van der Waals surface area (Å²) in [6.45, 7) is 2.48. The number of hydrogen-bond donors (Lipinski definition) is 0. The molecule has 7 nitrogen and oxygen atoms in total. The molecule has 2 amide bonds. The number of thiophene rings is 1. The van der Waals surface area contributed by atoms with Crippen molar-refractivity contribution in [3.8, 4) is 0 Å². The fourth-order valence-electron chi connectivity index (χ4n) is 4.13. The minimum Gasteiger partial charge on any atom is -0.330 e. The summed E-state index contributed by atoms with van der Waals surface area (Å²) in [5.41, 5.74) is 2.00. The van der Waals surface area contributed by atoms with E-state index in [0.717, 1.165) is 17.5 Å². The van der Waals surface area contributed by atoms with Crippen LogP contribution in [-0.4, -0.2) is 46.2 Å². The van der Waals surface area contributed by atoms with E-state index in [1.807, 2.05) is 17.5 Å². The first kappa shape index (κ1) is 24.2. The molecule has 1 aliphatic heterocycles. The lowest BCUT2D eigenvalue weighted by atomic mass is 9.93. The third kappa shape index (κ3) is 4.80. The number of non-ortho nitro benzene ring substituents is 1. The number of halogens is 2. The maximum Gasteiger partial charge on any atom is 0.269 e. The molecular weight excluding hydrogens is 497 g/mol. The van der Waals surface area contributed by atoms with E-state index >= 15 is 0 Å². The van der Waals surface area contributed by atoms with E-state index in [0.29, 0.717) is 23.1 Å². The molecule has 0 aliphatic carbocycles. The Labute approximate surface area is 210 Å². The molecule has 3 aromatic rings. The van der Waals surface area contributed by atoms with Crippen LogP contribution in [0.5, 0.6) is 0 Å². The normalized spacial score (nSPS) is 15.0. The molecule has 0 fully saturated rings. The van der Waals surface area contributed by atoms with Gasteiger partial charge in [-0.3, -0.25) is 19.7 Å². The zero-order chi connectivity index (χ0) is 24.4. The Kier molecular flexibility index (Phi) is 7.21. The number of likely N-dealkylation sites (N-methyl/N-ethyl adjacent to an activating group) is 1. The molecule has 1 unspecified atom stereocenters. The highest BCUT2D eigenvalue weighted by atomic mass is 35.5. The van der Waals surface area contributed by atoms with Gasteiger partial charge in [0.05, 0.1) is 11.0 Å². The minimum absolute atomic E-state index is 0.0988. The van der Waals surface area contributed by atoms with Crippen LogP contribution in [0.25, 0.3) is 0 Å². The first-order chi connectivity index (χ1) is 16.3. The fraction of sp³-hybridized carbons (Fsp3) is 0.250. The number of rotatable bonds is 6. The minimum atomic E-state index is -0.521. The predicted molar refractivity (Wildman–Crippen MR) is 133 cm³/mol. The van der Waals surface area contributed by atoms with Crippen LogP contribution in [0.15, 0.2) is 53.9 Å². The van der Waals surface area contributed by atoms with Crippen LogP contribution in [0.2, 0.25) is 10.0 Å². The first-order valence-corrected chi connectivity index (χ1v) is 12.3. The third-order valence-corrected chi connectivity index (χ3v) is 7.42. The van der Waals surface area contributed by atoms with E-state index in [1.54, 1.807) is 35.3 Å². The van der Waals surface area contributed by atoms with Crippen molar-refractivity contribution in [3.05, 3.63) is 95.6 Å². The molecule has 0 N–H and O–H groups in total. The lowest BCUT2D eigenvalue weighted by molar-refractivity contribution is -0.384. The zero-order valence-corrected chi connectivity index (χ0v) is 20.6. The summed E-state index contributed by atoms with van der Waals surface area (Å²) in [6.07, 6.45) is 0.725. The number of nitro groups is 1. The highest BCUT2D eigenvalue weighted by Gasteiger charge is 2.35. The lowest BCUT2D eigenvalue weighted by Gasteiger charge is -2.38. The maximum atomic E-state index is 13.5. The molecular formula is C24H21Cl2N3O4S.